The molecular formula is C13H21N3O2. The Kier molecular flexibility index (Phi) is 6.32. The molecule has 0 saturated carbocycles. The summed E-state index contributed by atoms with van der Waals surface area (Å²) in [7, 11) is 0. The molecule has 0 bridgehead atoms. The van der Waals surface area contributed by atoms with Gasteiger partial charge in [-0.1, -0.05) is 0 Å². The molecule has 1 amide bonds. The summed E-state index contributed by atoms with van der Waals surface area (Å²) in [6.45, 7) is 5.57. The minimum absolute atomic E-state index is 0.100. The van der Waals surface area contributed by atoms with E-state index in [1.807, 2.05) is 13.8 Å². The van der Waals surface area contributed by atoms with E-state index in [4.69, 9.17) is 10.5 Å². The highest BCUT2D eigenvalue weighted by Gasteiger charge is 2.05. The van der Waals surface area contributed by atoms with Crippen molar-refractivity contribution in [2.45, 2.75) is 32.9 Å². The highest BCUT2D eigenvalue weighted by molar-refractivity contribution is 5.94. The standard InChI is InChI=1S/C13H21N3O2/c1-10(2)18-7-3-5-16-13(17)11-4-6-15-12(8-11)9-14/h4,6,8,10H,3,5,7,9,14H2,1-2H3,(H,16,17). The number of pyridine rings is 1. The topological polar surface area (TPSA) is 77.2 Å². The van der Waals surface area contributed by atoms with E-state index in [2.05, 4.69) is 10.3 Å². The van der Waals surface area contributed by atoms with Crippen molar-refractivity contribution < 1.29 is 9.53 Å². The van der Waals surface area contributed by atoms with Crippen molar-refractivity contribution in [3.63, 3.8) is 0 Å². The van der Waals surface area contributed by atoms with Crippen molar-refractivity contribution in [1.82, 2.24) is 10.3 Å². The first-order chi connectivity index (χ1) is 8.63. The molecule has 100 valence electrons. The molecule has 0 saturated heterocycles. The van der Waals surface area contributed by atoms with Crippen LogP contribution >= 0.6 is 0 Å². The Morgan fingerprint density at radius 2 is 2.33 bits per heavy atom. The number of hydrogen-bond donors (Lipinski definition) is 2. The van der Waals surface area contributed by atoms with Gasteiger partial charge in [0.05, 0.1) is 11.8 Å². The summed E-state index contributed by atoms with van der Waals surface area (Å²) in [6, 6.07) is 3.39. The molecule has 0 aliphatic carbocycles. The van der Waals surface area contributed by atoms with E-state index in [0.717, 1.165) is 6.42 Å². The van der Waals surface area contributed by atoms with Gasteiger partial charge in [-0.05, 0) is 32.4 Å². The van der Waals surface area contributed by atoms with Gasteiger partial charge in [0, 0.05) is 31.5 Å². The van der Waals surface area contributed by atoms with Gasteiger partial charge in [0.25, 0.3) is 5.91 Å². The highest BCUT2D eigenvalue weighted by Crippen LogP contribution is 2.01. The van der Waals surface area contributed by atoms with Gasteiger partial charge in [-0.15, -0.1) is 0 Å². The van der Waals surface area contributed by atoms with Crippen LogP contribution in [0.5, 0.6) is 0 Å². The van der Waals surface area contributed by atoms with Crippen LogP contribution in [0.4, 0.5) is 0 Å². The third-order valence-electron chi connectivity index (χ3n) is 2.35. The van der Waals surface area contributed by atoms with E-state index in [-0.39, 0.29) is 12.0 Å². The second-order valence-electron chi connectivity index (χ2n) is 4.27. The van der Waals surface area contributed by atoms with Crippen LogP contribution in [0, 0.1) is 0 Å². The molecule has 5 nitrogen and oxygen atoms in total. The molecule has 1 aromatic heterocycles. The van der Waals surface area contributed by atoms with Gasteiger partial charge in [-0.3, -0.25) is 9.78 Å². The van der Waals surface area contributed by atoms with Crippen LogP contribution in [-0.4, -0.2) is 30.1 Å². The number of rotatable bonds is 7. The Morgan fingerprint density at radius 3 is 3.00 bits per heavy atom. The maximum Gasteiger partial charge on any atom is 0.251 e. The average molecular weight is 251 g/mol. The SMILES string of the molecule is CC(C)OCCCNC(=O)c1ccnc(CN)c1. The molecule has 0 atom stereocenters. The molecule has 0 spiro atoms. The van der Waals surface area contributed by atoms with Crippen molar-refractivity contribution in [3.8, 4) is 0 Å². The van der Waals surface area contributed by atoms with E-state index in [1.165, 1.54) is 0 Å². The van der Waals surface area contributed by atoms with E-state index >= 15 is 0 Å². The van der Waals surface area contributed by atoms with Crippen LogP contribution in [0.25, 0.3) is 0 Å². The first-order valence-electron chi connectivity index (χ1n) is 6.18. The smallest absolute Gasteiger partial charge is 0.251 e. The molecule has 1 aromatic rings. The summed E-state index contributed by atoms with van der Waals surface area (Å²) < 4.78 is 5.39. The molecule has 0 unspecified atom stereocenters. The van der Waals surface area contributed by atoms with Crippen molar-refractivity contribution in [3.05, 3.63) is 29.6 Å². The summed E-state index contributed by atoms with van der Waals surface area (Å²) >= 11 is 0. The first kappa shape index (κ1) is 14.6. The normalized spacial score (nSPS) is 10.7. The van der Waals surface area contributed by atoms with Gasteiger partial charge in [0.1, 0.15) is 0 Å². The second kappa shape index (κ2) is 7.79. The van der Waals surface area contributed by atoms with Crippen LogP contribution in [-0.2, 0) is 11.3 Å². The van der Waals surface area contributed by atoms with Gasteiger partial charge in [0.15, 0.2) is 0 Å². The van der Waals surface area contributed by atoms with Crippen molar-refractivity contribution >= 4 is 5.91 Å². The van der Waals surface area contributed by atoms with Crippen molar-refractivity contribution in [2.24, 2.45) is 5.73 Å². The fourth-order valence-electron chi connectivity index (χ4n) is 1.43. The van der Waals surface area contributed by atoms with E-state index in [1.54, 1.807) is 18.3 Å². The Hall–Kier alpha value is -1.46. The summed E-state index contributed by atoms with van der Waals surface area (Å²) in [4.78, 5) is 15.8. The number of nitrogens with zero attached hydrogens (tertiary/aromatic N) is 1. The molecule has 0 aliphatic rings. The predicted molar refractivity (Wildman–Crippen MR) is 70.2 cm³/mol. The summed E-state index contributed by atoms with van der Waals surface area (Å²) in [5.74, 6) is -0.100. The van der Waals surface area contributed by atoms with Gasteiger partial charge >= 0.3 is 0 Å². The zero-order valence-corrected chi connectivity index (χ0v) is 11.0. The summed E-state index contributed by atoms with van der Waals surface area (Å²) in [5, 5.41) is 2.84. The third-order valence-corrected chi connectivity index (χ3v) is 2.35. The lowest BCUT2D eigenvalue weighted by atomic mass is 10.2. The lowest BCUT2D eigenvalue weighted by Gasteiger charge is -2.08. The minimum atomic E-state index is -0.100. The van der Waals surface area contributed by atoms with E-state index < -0.39 is 0 Å². The molecule has 3 N–H and O–H groups in total. The first-order valence-corrected chi connectivity index (χ1v) is 6.18. The van der Waals surface area contributed by atoms with Crippen LogP contribution in [0.1, 0.15) is 36.3 Å². The Morgan fingerprint density at radius 1 is 1.56 bits per heavy atom. The third kappa shape index (κ3) is 5.25. The summed E-state index contributed by atoms with van der Waals surface area (Å²) in [6.07, 6.45) is 2.63. The van der Waals surface area contributed by atoms with Gasteiger partial charge in [-0.2, -0.15) is 0 Å². The molecule has 5 heteroatoms. The van der Waals surface area contributed by atoms with E-state index in [9.17, 15) is 4.79 Å². The second-order valence-corrected chi connectivity index (χ2v) is 4.27. The molecule has 0 fully saturated rings. The number of ether oxygens (including phenoxy) is 1. The number of carbonyl (C=O) groups is 1. The average Bonchev–Trinajstić information content (AvgIpc) is 2.37. The van der Waals surface area contributed by atoms with Crippen LogP contribution in [0.2, 0.25) is 0 Å². The molecule has 18 heavy (non-hydrogen) atoms. The predicted octanol–water partition coefficient (Wildman–Crippen LogP) is 1.09. The monoisotopic (exact) mass is 251 g/mol. The maximum absolute atomic E-state index is 11.8. The zero-order chi connectivity index (χ0) is 13.4. The highest BCUT2D eigenvalue weighted by atomic mass is 16.5. The Bertz CT molecular complexity index is 380. The zero-order valence-electron chi connectivity index (χ0n) is 11.0. The number of carbonyl (C=O) groups excluding carboxylic acids is 1. The number of nitrogens with two attached hydrogens (primary N) is 1. The summed E-state index contributed by atoms with van der Waals surface area (Å²) in [5.41, 5.74) is 6.78. The molecular weight excluding hydrogens is 230 g/mol. The largest absolute Gasteiger partial charge is 0.379 e. The fraction of sp³-hybridized carbons (Fsp3) is 0.538. The number of hydrogen-bond acceptors (Lipinski definition) is 4. The molecule has 1 rings (SSSR count). The van der Waals surface area contributed by atoms with Crippen LogP contribution < -0.4 is 11.1 Å². The molecule has 0 aromatic carbocycles. The number of nitrogens with one attached hydrogen (secondary N) is 1. The molecule has 1 heterocycles. The van der Waals surface area contributed by atoms with Crippen LogP contribution in [0.3, 0.4) is 0 Å². The minimum Gasteiger partial charge on any atom is -0.379 e. The molecule has 0 aliphatic heterocycles. The lowest BCUT2D eigenvalue weighted by Crippen LogP contribution is -2.25. The quantitative estimate of drug-likeness (QED) is 0.711. The van der Waals surface area contributed by atoms with Crippen molar-refractivity contribution in [1.29, 1.82) is 0 Å². The van der Waals surface area contributed by atoms with Gasteiger partial charge in [0.2, 0.25) is 0 Å². The van der Waals surface area contributed by atoms with Crippen molar-refractivity contribution in [2.75, 3.05) is 13.2 Å². The Labute approximate surface area is 108 Å². The molecule has 0 radical (unpaired) electrons. The van der Waals surface area contributed by atoms with E-state index in [0.29, 0.717) is 31.0 Å². The Balaban J connectivity index is 2.31. The van der Waals surface area contributed by atoms with Gasteiger partial charge in [-0.25, -0.2) is 0 Å². The van der Waals surface area contributed by atoms with Crippen LogP contribution in [0.15, 0.2) is 18.3 Å². The maximum atomic E-state index is 11.8. The number of aromatic nitrogens is 1. The fourth-order valence-corrected chi connectivity index (χ4v) is 1.43. The lowest BCUT2D eigenvalue weighted by molar-refractivity contribution is 0.0757. The number of amides is 1. The van der Waals surface area contributed by atoms with Gasteiger partial charge < -0.3 is 15.8 Å².